The highest BCUT2D eigenvalue weighted by molar-refractivity contribution is 4.89. The fourth-order valence-corrected chi connectivity index (χ4v) is 0. The lowest BCUT2D eigenvalue weighted by molar-refractivity contribution is 0.737. The lowest BCUT2D eigenvalue weighted by Gasteiger charge is -1.79. The molecule has 0 bridgehead atoms. The molecule has 0 aliphatic heterocycles. The maximum atomic E-state index is 2.68. The Morgan fingerprint density at radius 2 is 0.500 bits per heavy atom. The van der Waals surface area contributed by atoms with Gasteiger partial charge in [0, 0.05) is 0 Å². The van der Waals surface area contributed by atoms with E-state index in [0.29, 0.717) is 0 Å². The zero-order chi connectivity index (χ0) is 17.0. The van der Waals surface area contributed by atoms with E-state index in [1.54, 1.807) is 0 Å². The molecule has 0 saturated heterocycles. The van der Waals surface area contributed by atoms with Gasteiger partial charge in [-0.3, -0.25) is 0 Å². The van der Waals surface area contributed by atoms with E-state index in [1.807, 2.05) is 83.1 Å². The SMILES string of the molecule is CC.CC.CC.CC.CC.CC#CC.CC(C)C. The maximum absolute atomic E-state index is 2.68. The minimum Gasteiger partial charge on any atom is -0.107 e. The maximum Gasteiger partial charge on any atom is -0.00271 e. The van der Waals surface area contributed by atoms with E-state index < -0.39 is 0 Å². The van der Waals surface area contributed by atoms with Gasteiger partial charge in [0.1, 0.15) is 0 Å². The van der Waals surface area contributed by atoms with Crippen molar-refractivity contribution in [2.75, 3.05) is 0 Å². The molecule has 0 rings (SSSR count). The van der Waals surface area contributed by atoms with E-state index in [0.717, 1.165) is 5.92 Å². The van der Waals surface area contributed by atoms with E-state index in [-0.39, 0.29) is 0 Å². The van der Waals surface area contributed by atoms with Crippen molar-refractivity contribution in [1.82, 2.24) is 0 Å². The van der Waals surface area contributed by atoms with Crippen LogP contribution >= 0.6 is 0 Å². The third kappa shape index (κ3) is 10500. The van der Waals surface area contributed by atoms with Crippen LogP contribution in [0.5, 0.6) is 0 Å². The third-order valence-electron chi connectivity index (χ3n) is 0.250. The van der Waals surface area contributed by atoms with Gasteiger partial charge in [0.2, 0.25) is 0 Å². The Morgan fingerprint density at radius 1 is 0.444 bits per heavy atom. The molecule has 0 heterocycles. The smallest absolute Gasteiger partial charge is 0.00271 e. The van der Waals surface area contributed by atoms with Gasteiger partial charge in [-0.05, 0) is 19.8 Å². The highest BCUT2D eigenvalue weighted by Crippen LogP contribution is 1.81. The predicted molar refractivity (Wildman–Crippen MR) is 96.4 cm³/mol. The molecule has 0 nitrogen and oxygen atoms in total. The van der Waals surface area contributed by atoms with E-state index in [2.05, 4.69) is 32.6 Å². The molecule has 0 aromatic carbocycles. The summed E-state index contributed by atoms with van der Waals surface area (Å²) in [6, 6.07) is 0. The lowest BCUT2D eigenvalue weighted by atomic mass is 10.3. The summed E-state index contributed by atoms with van der Waals surface area (Å²) in [6.07, 6.45) is 0. The molecule has 0 heteroatoms. The molecule has 118 valence electrons. The molecule has 0 N–H and O–H groups in total. The van der Waals surface area contributed by atoms with Crippen LogP contribution in [0, 0.1) is 17.8 Å². The number of rotatable bonds is 0. The monoisotopic (exact) mass is 262 g/mol. The molecule has 0 aromatic rings. The van der Waals surface area contributed by atoms with E-state index in [4.69, 9.17) is 0 Å². The van der Waals surface area contributed by atoms with Gasteiger partial charge < -0.3 is 0 Å². The minimum atomic E-state index is 0.833. The van der Waals surface area contributed by atoms with Crippen LogP contribution in [-0.2, 0) is 0 Å². The average Bonchev–Trinajstić information content (AvgIpc) is 2.48. The van der Waals surface area contributed by atoms with Crippen LogP contribution in [0.15, 0.2) is 0 Å². The molecule has 0 aliphatic rings. The first-order valence-corrected chi connectivity index (χ1v) is 7.98. The summed E-state index contributed by atoms with van der Waals surface area (Å²) in [5, 5.41) is 0. The largest absolute Gasteiger partial charge is 0.107 e. The quantitative estimate of drug-likeness (QED) is 0.390. The molecular formula is C18H46. The van der Waals surface area contributed by atoms with Crippen LogP contribution in [0.2, 0.25) is 0 Å². The Bertz CT molecular complexity index is 61.0. The summed E-state index contributed by atoms with van der Waals surface area (Å²) >= 11 is 0. The molecule has 0 fully saturated rings. The van der Waals surface area contributed by atoms with Crippen molar-refractivity contribution in [1.29, 1.82) is 0 Å². The summed E-state index contributed by atoms with van der Waals surface area (Å²) in [5.74, 6) is 6.19. The van der Waals surface area contributed by atoms with Crippen LogP contribution in [-0.4, -0.2) is 0 Å². The highest BCUT2D eigenvalue weighted by atomic mass is 13.7. The van der Waals surface area contributed by atoms with Gasteiger partial charge in [0.05, 0.1) is 0 Å². The van der Waals surface area contributed by atoms with Crippen molar-refractivity contribution in [3.05, 3.63) is 0 Å². The number of hydrogen-bond donors (Lipinski definition) is 0. The summed E-state index contributed by atoms with van der Waals surface area (Å²) in [4.78, 5) is 0. The molecular weight excluding hydrogens is 216 g/mol. The fourth-order valence-electron chi connectivity index (χ4n) is 0. The fraction of sp³-hybridized carbons (Fsp3) is 0.889. The van der Waals surface area contributed by atoms with E-state index >= 15 is 0 Å². The normalized spacial score (nSPS) is 4.44. The Hall–Kier alpha value is -0.440. The van der Waals surface area contributed by atoms with Crippen molar-refractivity contribution >= 4 is 0 Å². The summed E-state index contributed by atoms with van der Waals surface area (Å²) in [7, 11) is 0. The molecule has 0 saturated carbocycles. The Labute approximate surface area is 122 Å². The molecule has 18 heavy (non-hydrogen) atoms. The van der Waals surface area contributed by atoms with Crippen molar-refractivity contribution in [2.24, 2.45) is 5.92 Å². The first-order valence-electron chi connectivity index (χ1n) is 7.98. The zero-order valence-corrected chi connectivity index (χ0v) is 16.6. The molecule has 0 aromatic heterocycles. The predicted octanol–water partition coefficient (Wildman–Crippen LogP) is 7.82. The van der Waals surface area contributed by atoms with Crippen LogP contribution in [0.1, 0.15) is 104 Å². The standard InChI is InChI=1S/C4H10.C4H6.5C2H6/c1-4(2)3;1-3-4-2;5*1-2/h4H,1-3H3;1-2H3;5*1-2H3. The number of hydrogen-bond acceptors (Lipinski definition) is 0. The molecule has 0 atom stereocenters. The van der Waals surface area contributed by atoms with Gasteiger partial charge in [-0.25, -0.2) is 0 Å². The second kappa shape index (κ2) is 193. The van der Waals surface area contributed by atoms with Crippen molar-refractivity contribution in [3.8, 4) is 11.8 Å². The Morgan fingerprint density at radius 3 is 0.500 bits per heavy atom. The van der Waals surface area contributed by atoms with Gasteiger partial charge in [-0.1, -0.05) is 90.0 Å². The van der Waals surface area contributed by atoms with Gasteiger partial charge >= 0.3 is 0 Å². The zero-order valence-electron chi connectivity index (χ0n) is 16.6. The topological polar surface area (TPSA) is 0 Å². The van der Waals surface area contributed by atoms with Gasteiger partial charge in [-0.2, -0.15) is 0 Å². The average molecular weight is 263 g/mol. The van der Waals surface area contributed by atoms with E-state index in [1.165, 1.54) is 0 Å². The third-order valence-corrected chi connectivity index (χ3v) is 0.250. The van der Waals surface area contributed by atoms with Gasteiger partial charge in [0.15, 0.2) is 0 Å². The molecule has 0 spiro atoms. The van der Waals surface area contributed by atoms with Gasteiger partial charge in [0.25, 0.3) is 0 Å². The molecule has 0 amide bonds. The highest BCUT2D eigenvalue weighted by Gasteiger charge is 1.68. The Balaban J connectivity index is -0.0000000163. The first kappa shape index (κ1) is 43.2. The van der Waals surface area contributed by atoms with Crippen LogP contribution in [0.25, 0.3) is 0 Å². The second-order valence-electron chi connectivity index (χ2n) is 2.23. The Kier molecular flexibility index (Phi) is 463. The van der Waals surface area contributed by atoms with Crippen LogP contribution < -0.4 is 0 Å². The first-order chi connectivity index (χ1) is 8.65. The summed E-state index contributed by atoms with van der Waals surface area (Å²) < 4.78 is 0. The molecule has 0 aliphatic carbocycles. The van der Waals surface area contributed by atoms with Crippen molar-refractivity contribution in [2.45, 2.75) is 104 Å². The summed E-state index contributed by atoms with van der Waals surface area (Å²) in [5.41, 5.74) is 0. The minimum absolute atomic E-state index is 0.833. The summed E-state index contributed by atoms with van der Waals surface area (Å²) in [6.45, 7) is 30.1. The lowest BCUT2D eigenvalue weighted by Crippen LogP contribution is -1.66. The van der Waals surface area contributed by atoms with Crippen molar-refractivity contribution in [3.63, 3.8) is 0 Å². The van der Waals surface area contributed by atoms with Gasteiger partial charge in [-0.15, -0.1) is 11.8 Å². The van der Waals surface area contributed by atoms with Crippen LogP contribution in [0.3, 0.4) is 0 Å². The molecule has 0 radical (unpaired) electrons. The molecule has 0 unspecified atom stereocenters. The van der Waals surface area contributed by atoms with Crippen molar-refractivity contribution < 1.29 is 0 Å². The second-order valence-corrected chi connectivity index (χ2v) is 2.23. The van der Waals surface area contributed by atoms with E-state index in [9.17, 15) is 0 Å². The van der Waals surface area contributed by atoms with Crippen LogP contribution in [0.4, 0.5) is 0 Å².